The highest BCUT2D eigenvalue weighted by atomic mass is 32.2. The van der Waals surface area contributed by atoms with Gasteiger partial charge in [0, 0.05) is 0 Å². The van der Waals surface area contributed by atoms with Crippen LogP contribution in [0.4, 0.5) is 27.9 Å². The van der Waals surface area contributed by atoms with Crippen LogP contribution in [0, 0.1) is 29.1 Å². The maximum atomic E-state index is 13.7. The highest BCUT2D eigenvalue weighted by Crippen LogP contribution is 2.28. The van der Waals surface area contributed by atoms with Crippen LogP contribution in [0.3, 0.4) is 0 Å². The fourth-order valence-electron chi connectivity index (χ4n) is 1.65. The molecule has 0 aliphatic heterocycles. The molecule has 2 aromatic rings. The van der Waals surface area contributed by atoms with Crippen LogP contribution in [0.15, 0.2) is 11.0 Å². The van der Waals surface area contributed by atoms with Crippen molar-refractivity contribution in [2.75, 3.05) is 18.9 Å². The van der Waals surface area contributed by atoms with Crippen LogP contribution in [0.5, 0.6) is 11.8 Å². The highest BCUT2D eigenvalue weighted by molar-refractivity contribution is 7.92. The second kappa shape index (κ2) is 6.66. The van der Waals surface area contributed by atoms with Crippen molar-refractivity contribution in [3.05, 3.63) is 35.2 Å². The van der Waals surface area contributed by atoms with E-state index in [1.807, 2.05) is 0 Å². The lowest BCUT2D eigenvalue weighted by Crippen LogP contribution is -2.21. The molecule has 0 atom stereocenters. The third-order valence-electron chi connectivity index (χ3n) is 2.76. The number of anilines is 1. The van der Waals surface area contributed by atoms with Gasteiger partial charge < -0.3 is 9.47 Å². The monoisotopic (exact) mass is 385 g/mol. The Morgan fingerprint density at radius 1 is 0.840 bits per heavy atom. The summed E-state index contributed by atoms with van der Waals surface area (Å²) in [6.45, 7) is 0. The minimum atomic E-state index is -5.27. The van der Waals surface area contributed by atoms with Gasteiger partial charge in [0.2, 0.25) is 23.5 Å². The molecule has 0 amide bonds. The largest absolute Gasteiger partial charge is 0.481 e. The SMILES string of the molecule is COc1cc(OC)nc(NS(=O)(=O)c2c(F)c(F)c(F)c(F)c2F)n1. The first-order valence-corrected chi connectivity index (χ1v) is 7.62. The van der Waals surface area contributed by atoms with Crippen molar-refractivity contribution in [3.8, 4) is 11.8 Å². The number of hydrogen-bond donors (Lipinski definition) is 1. The number of methoxy groups -OCH3 is 2. The molecule has 2 rings (SSSR count). The zero-order chi connectivity index (χ0) is 18.9. The van der Waals surface area contributed by atoms with Crippen LogP contribution in [-0.2, 0) is 10.0 Å². The van der Waals surface area contributed by atoms with Crippen molar-refractivity contribution in [3.63, 3.8) is 0 Å². The highest BCUT2D eigenvalue weighted by Gasteiger charge is 2.34. The second-order valence-corrected chi connectivity index (χ2v) is 5.90. The molecule has 0 aliphatic rings. The van der Waals surface area contributed by atoms with Crippen LogP contribution in [0.25, 0.3) is 0 Å². The molecule has 1 heterocycles. The van der Waals surface area contributed by atoms with E-state index >= 15 is 0 Å². The zero-order valence-corrected chi connectivity index (χ0v) is 13.2. The van der Waals surface area contributed by atoms with E-state index < -0.39 is 50.0 Å². The smallest absolute Gasteiger partial charge is 0.270 e. The van der Waals surface area contributed by atoms with E-state index in [-0.39, 0.29) is 11.8 Å². The molecular weight excluding hydrogens is 377 g/mol. The van der Waals surface area contributed by atoms with Gasteiger partial charge in [0.15, 0.2) is 28.2 Å². The van der Waals surface area contributed by atoms with Gasteiger partial charge in [0.05, 0.1) is 20.3 Å². The van der Waals surface area contributed by atoms with E-state index in [2.05, 4.69) is 9.97 Å². The third-order valence-corrected chi connectivity index (χ3v) is 4.11. The molecule has 0 saturated heterocycles. The molecular formula is C12H8F5N3O4S. The molecule has 136 valence electrons. The fraction of sp³-hybridized carbons (Fsp3) is 0.167. The van der Waals surface area contributed by atoms with E-state index in [0.717, 1.165) is 6.07 Å². The number of benzene rings is 1. The first-order valence-electron chi connectivity index (χ1n) is 6.13. The quantitative estimate of drug-likeness (QED) is 0.481. The number of ether oxygens (including phenoxy) is 2. The Labute approximate surface area is 137 Å². The topological polar surface area (TPSA) is 90.4 Å². The molecule has 0 bridgehead atoms. The van der Waals surface area contributed by atoms with Crippen molar-refractivity contribution in [2.45, 2.75) is 4.90 Å². The van der Waals surface area contributed by atoms with Gasteiger partial charge in [0.1, 0.15) is 0 Å². The number of aromatic nitrogens is 2. The number of nitrogens with one attached hydrogen (secondary N) is 1. The van der Waals surface area contributed by atoms with Crippen LogP contribution >= 0.6 is 0 Å². The van der Waals surface area contributed by atoms with Crippen LogP contribution in [-0.4, -0.2) is 32.6 Å². The van der Waals surface area contributed by atoms with Crippen molar-refractivity contribution in [1.82, 2.24) is 9.97 Å². The number of nitrogens with zero attached hydrogens (tertiary/aromatic N) is 2. The predicted molar refractivity (Wildman–Crippen MR) is 72.2 cm³/mol. The van der Waals surface area contributed by atoms with Crippen molar-refractivity contribution in [1.29, 1.82) is 0 Å². The summed E-state index contributed by atoms with van der Waals surface area (Å²) in [5, 5.41) is 0. The van der Waals surface area contributed by atoms with E-state index in [4.69, 9.17) is 9.47 Å². The van der Waals surface area contributed by atoms with Crippen LogP contribution in [0.2, 0.25) is 0 Å². The molecule has 0 saturated carbocycles. The number of halogens is 5. The normalized spacial score (nSPS) is 11.3. The Kier molecular flexibility index (Phi) is 4.97. The first kappa shape index (κ1) is 18.6. The molecule has 1 aromatic heterocycles. The van der Waals surface area contributed by atoms with Crippen LogP contribution in [0.1, 0.15) is 0 Å². The molecule has 1 aromatic carbocycles. The summed E-state index contributed by atoms with van der Waals surface area (Å²) in [6.07, 6.45) is 0. The minimum absolute atomic E-state index is 0.193. The lowest BCUT2D eigenvalue weighted by atomic mass is 10.3. The molecule has 1 N–H and O–H groups in total. The average Bonchev–Trinajstić information content (AvgIpc) is 2.57. The van der Waals surface area contributed by atoms with E-state index in [0.29, 0.717) is 0 Å². The molecule has 0 spiro atoms. The fourth-order valence-corrected chi connectivity index (χ4v) is 2.74. The zero-order valence-electron chi connectivity index (χ0n) is 12.4. The molecule has 0 fully saturated rings. The Balaban J connectivity index is 2.58. The molecule has 0 radical (unpaired) electrons. The molecule has 7 nitrogen and oxygen atoms in total. The molecule has 13 heteroatoms. The van der Waals surface area contributed by atoms with E-state index in [1.54, 1.807) is 0 Å². The maximum absolute atomic E-state index is 13.7. The Hall–Kier alpha value is -2.70. The summed E-state index contributed by atoms with van der Waals surface area (Å²) >= 11 is 0. The predicted octanol–water partition coefficient (Wildman–Crippen LogP) is 1.99. The van der Waals surface area contributed by atoms with Gasteiger partial charge >= 0.3 is 0 Å². The van der Waals surface area contributed by atoms with Gasteiger partial charge in [-0.05, 0) is 0 Å². The number of sulfonamides is 1. The molecule has 0 unspecified atom stereocenters. The number of hydrogen-bond acceptors (Lipinski definition) is 6. The summed E-state index contributed by atoms with van der Waals surface area (Å²) < 4.78 is 102. The minimum Gasteiger partial charge on any atom is -0.481 e. The van der Waals surface area contributed by atoms with Crippen molar-refractivity contribution in [2.24, 2.45) is 0 Å². The van der Waals surface area contributed by atoms with E-state index in [9.17, 15) is 30.4 Å². The van der Waals surface area contributed by atoms with Gasteiger partial charge in [-0.1, -0.05) is 0 Å². The van der Waals surface area contributed by atoms with Gasteiger partial charge in [-0.2, -0.15) is 9.97 Å². The van der Waals surface area contributed by atoms with Crippen molar-refractivity contribution >= 4 is 16.0 Å². The molecule has 25 heavy (non-hydrogen) atoms. The standard InChI is InChI=1S/C12H8F5N3O4S/c1-23-4-3-5(24-2)19-12(18-4)20-25(21,22)11-9(16)7(14)6(13)8(15)10(11)17/h3H,1-2H3,(H,18,19,20). The maximum Gasteiger partial charge on any atom is 0.270 e. The lowest BCUT2D eigenvalue weighted by Gasteiger charge is -2.11. The van der Waals surface area contributed by atoms with Gasteiger partial charge in [0.25, 0.3) is 10.0 Å². The Morgan fingerprint density at radius 3 is 1.64 bits per heavy atom. The second-order valence-electron chi connectivity index (χ2n) is 4.28. The first-order chi connectivity index (χ1) is 11.6. The summed E-state index contributed by atoms with van der Waals surface area (Å²) in [5.74, 6) is -13.5. The summed E-state index contributed by atoms with van der Waals surface area (Å²) in [7, 11) is -2.93. The van der Waals surface area contributed by atoms with Gasteiger partial charge in [-0.3, -0.25) is 0 Å². The van der Waals surface area contributed by atoms with Gasteiger partial charge in [-0.25, -0.2) is 35.1 Å². The molecule has 0 aliphatic carbocycles. The lowest BCUT2D eigenvalue weighted by molar-refractivity contribution is 0.358. The Bertz CT molecular complexity index is 888. The van der Waals surface area contributed by atoms with Crippen LogP contribution < -0.4 is 14.2 Å². The Morgan fingerprint density at radius 2 is 1.24 bits per heavy atom. The van der Waals surface area contributed by atoms with Crippen molar-refractivity contribution < 1.29 is 39.8 Å². The van der Waals surface area contributed by atoms with Gasteiger partial charge in [-0.15, -0.1) is 0 Å². The number of rotatable bonds is 5. The summed E-state index contributed by atoms with van der Waals surface area (Å²) in [6, 6.07) is 1.15. The average molecular weight is 385 g/mol. The summed E-state index contributed by atoms with van der Waals surface area (Å²) in [4.78, 5) is 4.97. The van der Waals surface area contributed by atoms with E-state index in [1.165, 1.54) is 18.9 Å². The summed E-state index contributed by atoms with van der Waals surface area (Å²) in [5.41, 5.74) is 0. The third kappa shape index (κ3) is 3.40.